The first-order valence-electron chi connectivity index (χ1n) is 18.7. The number of cyclic esters (lactones) is 1. The summed E-state index contributed by atoms with van der Waals surface area (Å²) >= 11 is 5.04. The van der Waals surface area contributed by atoms with Crippen LogP contribution < -0.4 is 10.1 Å². The van der Waals surface area contributed by atoms with Gasteiger partial charge >= 0.3 is 6.09 Å². The average Bonchev–Trinajstić information content (AvgIpc) is 3.58. The molecule has 0 spiro atoms. The molecule has 5 aromatic rings. The van der Waals surface area contributed by atoms with E-state index >= 15 is 4.79 Å². The van der Waals surface area contributed by atoms with E-state index in [-0.39, 0.29) is 17.5 Å². The summed E-state index contributed by atoms with van der Waals surface area (Å²) in [6.45, 7) is 11.2. The topological polar surface area (TPSA) is 77.1 Å². The predicted octanol–water partition coefficient (Wildman–Crippen LogP) is 11.9. The zero-order valence-corrected chi connectivity index (χ0v) is 35.7. The van der Waals surface area contributed by atoms with Gasteiger partial charge in [-0.2, -0.15) is 0 Å². The molecule has 1 aliphatic heterocycles. The molecule has 1 aliphatic rings. The van der Waals surface area contributed by atoms with E-state index in [4.69, 9.17) is 13.9 Å². The van der Waals surface area contributed by atoms with Gasteiger partial charge in [0.25, 0.3) is 0 Å². The standard InChI is InChI=1S/C45H48BrFN2O5SSi/c1-45(2,3)56(4,5)54-40(33-21-24-35(47)25-22-33)30-55-42(43(50)49-38(29-53-44(49)51)32-17-11-7-12-18-32)41(48-36-19-13-8-14-20-36)37-26-23-34(46)27-39(37)52-28-31-15-9-6-10-16-31/h6-27,38,40-42,48H,28-30H2,1-5H3/t38-,40-,41-,42-/m1/s1. The fourth-order valence-electron chi connectivity index (χ4n) is 6.29. The third kappa shape index (κ3) is 10.1. The Labute approximate surface area is 343 Å². The molecule has 0 radical (unpaired) electrons. The number of hydrogen-bond donors (Lipinski definition) is 1. The van der Waals surface area contributed by atoms with Crippen molar-refractivity contribution in [3.05, 3.63) is 166 Å². The monoisotopic (exact) mass is 854 g/mol. The van der Waals surface area contributed by atoms with Gasteiger partial charge in [-0.1, -0.05) is 134 Å². The van der Waals surface area contributed by atoms with Gasteiger partial charge in [0, 0.05) is 21.5 Å². The zero-order chi connectivity index (χ0) is 39.9. The number of amides is 2. The fraction of sp³-hybridized carbons (Fsp3) is 0.289. The van der Waals surface area contributed by atoms with Gasteiger partial charge in [0.2, 0.25) is 5.91 Å². The number of nitrogens with zero attached hydrogens (tertiary/aromatic N) is 1. The maximum absolute atomic E-state index is 15.4. The van der Waals surface area contributed by atoms with Crippen LogP contribution in [0.3, 0.4) is 0 Å². The van der Waals surface area contributed by atoms with Crippen molar-refractivity contribution in [3.8, 4) is 5.75 Å². The highest BCUT2D eigenvalue weighted by Gasteiger charge is 2.46. The lowest BCUT2D eigenvalue weighted by Crippen LogP contribution is -2.45. The van der Waals surface area contributed by atoms with Crippen LogP contribution in [0.15, 0.2) is 138 Å². The van der Waals surface area contributed by atoms with Crippen LogP contribution in [0, 0.1) is 5.82 Å². The number of para-hydroxylation sites is 1. The van der Waals surface area contributed by atoms with Crippen molar-refractivity contribution in [2.75, 3.05) is 17.7 Å². The number of halogens is 2. The molecule has 0 aliphatic carbocycles. The second-order valence-electron chi connectivity index (χ2n) is 15.3. The van der Waals surface area contributed by atoms with Crippen molar-refractivity contribution in [2.45, 2.75) is 68.9 Å². The maximum Gasteiger partial charge on any atom is 0.417 e. The lowest BCUT2D eigenvalue weighted by molar-refractivity contribution is -0.129. The molecule has 0 unspecified atom stereocenters. The zero-order valence-electron chi connectivity index (χ0n) is 32.3. The summed E-state index contributed by atoms with van der Waals surface area (Å²) < 4.78 is 34.3. The number of benzene rings is 5. The largest absolute Gasteiger partial charge is 0.489 e. The third-order valence-corrected chi connectivity index (χ3v) is 16.7. The number of carbonyl (C=O) groups is 2. The van der Waals surface area contributed by atoms with Crippen molar-refractivity contribution in [1.82, 2.24) is 4.90 Å². The van der Waals surface area contributed by atoms with Crippen molar-refractivity contribution < 1.29 is 27.9 Å². The van der Waals surface area contributed by atoms with Gasteiger partial charge < -0.3 is 19.2 Å². The van der Waals surface area contributed by atoms with Crippen LogP contribution in [0.2, 0.25) is 18.1 Å². The van der Waals surface area contributed by atoms with Gasteiger partial charge in [-0.25, -0.2) is 14.1 Å². The molecule has 0 saturated carbocycles. The minimum absolute atomic E-state index is 0.0408. The van der Waals surface area contributed by atoms with Crippen LogP contribution in [0.1, 0.15) is 61.2 Å². The molecule has 7 nitrogen and oxygen atoms in total. The summed E-state index contributed by atoms with van der Waals surface area (Å²) in [5.41, 5.74) is 4.10. The molecule has 1 heterocycles. The highest BCUT2D eigenvalue weighted by atomic mass is 79.9. The molecule has 1 fully saturated rings. The van der Waals surface area contributed by atoms with E-state index in [1.165, 1.54) is 28.8 Å². The van der Waals surface area contributed by atoms with Crippen LogP contribution in [-0.2, 0) is 20.6 Å². The lowest BCUT2D eigenvalue weighted by atomic mass is 9.99. The molecule has 6 rings (SSSR count). The Hall–Kier alpha value is -4.42. The van der Waals surface area contributed by atoms with E-state index in [1.807, 2.05) is 109 Å². The number of hydrogen-bond acceptors (Lipinski definition) is 7. The molecular weight excluding hydrogens is 808 g/mol. The summed E-state index contributed by atoms with van der Waals surface area (Å²) in [5.74, 6) is 0.149. The molecule has 5 aromatic carbocycles. The van der Waals surface area contributed by atoms with Crippen LogP contribution in [0.5, 0.6) is 5.75 Å². The first-order valence-corrected chi connectivity index (χ1v) is 23.4. The molecule has 292 valence electrons. The second-order valence-corrected chi connectivity index (χ2v) is 22.2. The van der Waals surface area contributed by atoms with Crippen molar-refractivity contribution in [3.63, 3.8) is 0 Å². The van der Waals surface area contributed by atoms with E-state index in [0.717, 1.165) is 32.4 Å². The third-order valence-electron chi connectivity index (χ3n) is 10.4. The first-order chi connectivity index (χ1) is 26.8. The highest BCUT2D eigenvalue weighted by molar-refractivity contribution is 9.10. The summed E-state index contributed by atoms with van der Waals surface area (Å²) in [5, 5.41) is 2.65. The van der Waals surface area contributed by atoms with Gasteiger partial charge in [0.15, 0.2) is 8.32 Å². The smallest absolute Gasteiger partial charge is 0.417 e. The number of anilines is 1. The Bertz CT molecular complexity index is 2070. The normalized spacial score (nSPS) is 16.2. The predicted molar refractivity (Wildman–Crippen MR) is 229 cm³/mol. The van der Waals surface area contributed by atoms with Crippen molar-refractivity contribution in [2.24, 2.45) is 0 Å². The van der Waals surface area contributed by atoms with Gasteiger partial charge in [0.1, 0.15) is 36.1 Å². The molecule has 4 atom stereocenters. The van der Waals surface area contributed by atoms with Crippen LogP contribution in [-0.4, -0.2) is 42.8 Å². The first kappa shape index (κ1) is 41.2. The molecule has 1 saturated heterocycles. The van der Waals surface area contributed by atoms with Gasteiger partial charge in [-0.15, -0.1) is 11.8 Å². The number of thioether (sulfide) groups is 1. The molecule has 0 aromatic heterocycles. The Morgan fingerprint density at radius 2 is 1.55 bits per heavy atom. The van der Waals surface area contributed by atoms with E-state index in [1.54, 1.807) is 12.1 Å². The Balaban J connectivity index is 1.47. The minimum Gasteiger partial charge on any atom is -0.489 e. The Morgan fingerprint density at radius 1 is 0.929 bits per heavy atom. The maximum atomic E-state index is 15.4. The second kappa shape index (κ2) is 18.2. The van der Waals surface area contributed by atoms with Crippen molar-refractivity contribution in [1.29, 1.82) is 0 Å². The molecule has 1 N–H and O–H groups in total. The summed E-state index contributed by atoms with van der Waals surface area (Å²) in [6, 6.07) is 39.9. The quantitative estimate of drug-likeness (QED) is 0.105. The number of rotatable bonds is 15. The summed E-state index contributed by atoms with van der Waals surface area (Å²) in [7, 11) is -2.38. The number of imide groups is 1. The van der Waals surface area contributed by atoms with E-state index in [9.17, 15) is 9.18 Å². The SMILES string of the molecule is CC(C)(C)[Si](C)(C)O[C@H](CS[C@@H](C(=O)N1C(=O)OC[C@@H]1c1ccccc1)[C@H](Nc1ccccc1)c1ccc(Br)cc1OCc1ccccc1)c1ccc(F)cc1. The van der Waals surface area contributed by atoms with Gasteiger partial charge in [-0.3, -0.25) is 4.79 Å². The average molecular weight is 856 g/mol. The van der Waals surface area contributed by atoms with Crippen LogP contribution >= 0.6 is 27.7 Å². The van der Waals surface area contributed by atoms with Crippen molar-refractivity contribution >= 4 is 53.7 Å². The van der Waals surface area contributed by atoms with Gasteiger partial charge in [0.05, 0.1) is 12.1 Å². The molecule has 2 amide bonds. The molecule has 11 heteroatoms. The molecule has 56 heavy (non-hydrogen) atoms. The van der Waals surface area contributed by atoms with E-state index in [2.05, 4.69) is 55.1 Å². The summed E-state index contributed by atoms with van der Waals surface area (Å²) in [6.07, 6.45) is -1.18. The number of carbonyl (C=O) groups excluding carboxylic acids is 2. The molecule has 0 bridgehead atoms. The fourth-order valence-corrected chi connectivity index (χ4v) is 9.34. The number of nitrogens with one attached hydrogen (secondary N) is 1. The number of ether oxygens (including phenoxy) is 2. The van der Waals surface area contributed by atoms with Crippen LogP contribution in [0.4, 0.5) is 14.9 Å². The Morgan fingerprint density at radius 3 is 2.20 bits per heavy atom. The van der Waals surface area contributed by atoms with E-state index in [0.29, 0.717) is 18.1 Å². The van der Waals surface area contributed by atoms with E-state index < -0.39 is 43.8 Å². The minimum atomic E-state index is -2.38. The lowest BCUT2D eigenvalue weighted by Gasteiger charge is -2.40. The highest BCUT2D eigenvalue weighted by Crippen LogP contribution is 2.44. The molecular formula is C45H48BrFN2O5SSi. The Kier molecular flexibility index (Phi) is 13.4. The van der Waals surface area contributed by atoms with Crippen LogP contribution in [0.25, 0.3) is 0 Å². The van der Waals surface area contributed by atoms with Gasteiger partial charge in [-0.05, 0) is 71.2 Å². The summed E-state index contributed by atoms with van der Waals surface area (Å²) in [4.78, 5) is 30.3.